The monoisotopic (exact) mass is 501 g/mol. The van der Waals surface area contributed by atoms with Crippen LogP contribution in [0, 0.1) is 0 Å². The first-order valence-electron chi connectivity index (χ1n) is 10.9. The molecule has 1 unspecified atom stereocenters. The van der Waals surface area contributed by atoms with Gasteiger partial charge < -0.3 is 19.1 Å². The second-order valence-corrected chi connectivity index (χ2v) is 8.66. The number of hydrogen-bond acceptors (Lipinski definition) is 8. The molecule has 1 aliphatic heterocycles. The summed E-state index contributed by atoms with van der Waals surface area (Å²) < 4.78 is 36.9. The lowest BCUT2D eigenvalue weighted by Crippen LogP contribution is -2.48. The van der Waals surface area contributed by atoms with Crippen LogP contribution in [0.15, 0.2) is 53.1 Å². The lowest BCUT2D eigenvalue weighted by atomic mass is 10.1. The third-order valence-corrected chi connectivity index (χ3v) is 6.07. The van der Waals surface area contributed by atoms with E-state index in [4.69, 9.17) is 16.1 Å². The summed E-state index contributed by atoms with van der Waals surface area (Å²) in [6.07, 6.45) is 0. The van der Waals surface area contributed by atoms with Crippen LogP contribution in [-0.4, -0.2) is 63.1 Å². The molecule has 1 saturated heterocycles. The quantitative estimate of drug-likeness (QED) is 0.387. The Kier molecular flexibility index (Phi) is 6.35. The first-order valence-corrected chi connectivity index (χ1v) is 11.3. The number of likely N-dealkylation sites (N-methyl/N-ethyl adjacent to an activating group) is 1. The molecular formula is C23H22ClF2N7O2. The van der Waals surface area contributed by atoms with E-state index in [1.54, 1.807) is 24.3 Å². The molecule has 9 nitrogen and oxygen atoms in total. The number of anilines is 1. The maximum atomic E-state index is 12.5. The van der Waals surface area contributed by atoms with Crippen LogP contribution in [0.1, 0.15) is 11.9 Å². The van der Waals surface area contributed by atoms with Gasteiger partial charge in [-0.2, -0.15) is 13.8 Å². The van der Waals surface area contributed by atoms with Crippen LogP contribution in [-0.2, 0) is 7.05 Å². The number of aromatic nitrogens is 5. The highest BCUT2D eigenvalue weighted by Gasteiger charge is 2.34. The Labute approximate surface area is 204 Å². The van der Waals surface area contributed by atoms with Crippen LogP contribution in [0.4, 0.5) is 14.7 Å². The SMILES string of the molecule is CN1CCN(c2nnc(-c3ccc(OC(F)F)cc3)n2C)C(c2nc(-c3cccc(Cl)c3)no2)C1. The lowest BCUT2D eigenvalue weighted by Gasteiger charge is -2.38. The van der Waals surface area contributed by atoms with E-state index in [1.165, 1.54) is 12.1 Å². The van der Waals surface area contributed by atoms with Crippen molar-refractivity contribution in [1.82, 2.24) is 29.8 Å². The third kappa shape index (κ3) is 4.82. The molecule has 0 radical (unpaired) electrons. The van der Waals surface area contributed by atoms with Crippen LogP contribution in [0.5, 0.6) is 5.75 Å². The number of nitrogens with zero attached hydrogens (tertiary/aromatic N) is 7. The Morgan fingerprint density at radius 1 is 1.06 bits per heavy atom. The number of ether oxygens (including phenoxy) is 1. The molecular weight excluding hydrogens is 480 g/mol. The van der Waals surface area contributed by atoms with Crippen molar-refractivity contribution in [2.24, 2.45) is 7.05 Å². The Bertz CT molecular complexity index is 1310. The van der Waals surface area contributed by atoms with E-state index in [2.05, 4.69) is 34.9 Å². The third-order valence-electron chi connectivity index (χ3n) is 5.84. The zero-order valence-electron chi connectivity index (χ0n) is 19.0. The van der Waals surface area contributed by atoms with Gasteiger partial charge in [0.1, 0.15) is 11.8 Å². The number of hydrogen-bond donors (Lipinski definition) is 0. The second-order valence-electron chi connectivity index (χ2n) is 8.22. The molecule has 0 bridgehead atoms. The molecule has 35 heavy (non-hydrogen) atoms. The van der Waals surface area contributed by atoms with Crippen LogP contribution in [0.2, 0.25) is 5.02 Å². The molecule has 0 N–H and O–H groups in total. The van der Waals surface area contributed by atoms with E-state index >= 15 is 0 Å². The van der Waals surface area contributed by atoms with E-state index in [9.17, 15) is 8.78 Å². The average molecular weight is 502 g/mol. The first kappa shape index (κ1) is 23.2. The molecule has 1 atom stereocenters. The highest BCUT2D eigenvalue weighted by molar-refractivity contribution is 6.30. The number of halogens is 3. The van der Waals surface area contributed by atoms with E-state index in [0.29, 0.717) is 41.6 Å². The molecule has 0 spiro atoms. The van der Waals surface area contributed by atoms with Gasteiger partial charge in [-0.25, -0.2) is 0 Å². The van der Waals surface area contributed by atoms with Crippen molar-refractivity contribution in [1.29, 1.82) is 0 Å². The van der Waals surface area contributed by atoms with Gasteiger partial charge >= 0.3 is 6.61 Å². The molecule has 0 aliphatic carbocycles. The fraction of sp³-hybridized carbons (Fsp3) is 0.304. The van der Waals surface area contributed by atoms with Crippen molar-refractivity contribution < 1.29 is 18.0 Å². The normalized spacial score (nSPS) is 16.7. The summed E-state index contributed by atoms with van der Waals surface area (Å²) in [4.78, 5) is 8.91. The number of benzene rings is 2. The highest BCUT2D eigenvalue weighted by atomic mass is 35.5. The van der Waals surface area contributed by atoms with Crippen LogP contribution >= 0.6 is 11.6 Å². The van der Waals surface area contributed by atoms with Crippen molar-refractivity contribution in [2.75, 3.05) is 31.6 Å². The molecule has 3 heterocycles. The summed E-state index contributed by atoms with van der Waals surface area (Å²) in [6, 6.07) is 13.3. The van der Waals surface area contributed by atoms with Gasteiger partial charge in [-0.3, -0.25) is 4.57 Å². The summed E-state index contributed by atoms with van der Waals surface area (Å²) in [5.74, 6) is 2.22. The molecule has 4 aromatic rings. The molecule has 0 saturated carbocycles. The van der Waals surface area contributed by atoms with Gasteiger partial charge in [0.25, 0.3) is 5.89 Å². The largest absolute Gasteiger partial charge is 0.435 e. The lowest BCUT2D eigenvalue weighted by molar-refractivity contribution is -0.0498. The predicted octanol–water partition coefficient (Wildman–Crippen LogP) is 4.28. The molecule has 182 valence electrons. The topological polar surface area (TPSA) is 85.3 Å². The molecule has 0 amide bonds. The average Bonchev–Trinajstić information content (AvgIpc) is 3.47. The second kappa shape index (κ2) is 9.59. The van der Waals surface area contributed by atoms with Crippen molar-refractivity contribution in [3.8, 4) is 28.5 Å². The molecule has 1 fully saturated rings. The van der Waals surface area contributed by atoms with Crippen molar-refractivity contribution in [3.05, 3.63) is 59.4 Å². The van der Waals surface area contributed by atoms with E-state index in [-0.39, 0.29) is 11.8 Å². The summed E-state index contributed by atoms with van der Waals surface area (Å²) in [5, 5.41) is 13.5. The number of piperazine rings is 1. The summed E-state index contributed by atoms with van der Waals surface area (Å²) in [6.45, 7) is -0.740. The fourth-order valence-corrected chi connectivity index (χ4v) is 4.28. The van der Waals surface area contributed by atoms with Gasteiger partial charge in [0.2, 0.25) is 11.8 Å². The van der Waals surface area contributed by atoms with Crippen molar-refractivity contribution >= 4 is 17.5 Å². The van der Waals surface area contributed by atoms with Crippen LogP contribution in [0.25, 0.3) is 22.8 Å². The summed E-state index contributed by atoms with van der Waals surface area (Å²) in [5.41, 5.74) is 1.49. The van der Waals surface area contributed by atoms with Gasteiger partial charge in [0.05, 0.1) is 0 Å². The zero-order chi connectivity index (χ0) is 24.5. The molecule has 2 aromatic heterocycles. The van der Waals surface area contributed by atoms with Gasteiger partial charge in [-0.1, -0.05) is 28.9 Å². The molecule has 1 aliphatic rings. The van der Waals surface area contributed by atoms with Gasteiger partial charge in [-0.15, -0.1) is 10.2 Å². The van der Waals surface area contributed by atoms with E-state index in [1.807, 2.05) is 30.8 Å². The Hall–Kier alpha value is -3.57. The Balaban J connectivity index is 1.43. The molecule has 2 aromatic carbocycles. The maximum absolute atomic E-state index is 12.5. The van der Waals surface area contributed by atoms with Gasteiger partial charge in [-0.05, 0) is 43.4 Å². The fourth-order valence-electron chi connectivity index (χ4n) is 4.09. The van der Waals surface area contributed by atoms with Gasteiger partial charge in [0, 0.05) is 42.8 Å². The highest BCUT2D eigenvalue weighted by Crippen LogP contribution is 2.32. The number of alkyl halides is 2. The van der Waals surface area contributed by atoms with Crippen LogP contribution < -0.4 is 9.64 Å². The van der Waals surface area contributed by atoms with Crippen molar-refractivity contribution in [3.63, 3.8) is 0 Å². The minimum Gasteiger partial charge on any atom is -0.435 e. The van der Waals surface area contributed by atoms with E-state index in [0.717, 1.165) is 17.7 Å². The molecule has 12 heteroatoms. The summed E-state index contributed by atoms with van der Waals surface area (Å²) >= 11 is 6.11. The minimum atomic E-state index is -2.87. The van der Waals surface area contributed by atoms with Crippen molar-refractivity contribution in [2.45, 2.75) is 12.7 Å². The molecule has 5 rings (SSSR count). The smallest absolute Gasteiger partial charge is 0.387 e. The zero-order valence-corrected chi connectivity index (χ0v) is 19.7. The standard InChI is InChI=1S/C23H22ClF2N7O2/c1-31-10-11-33(18(13-31)21-27-19(30-35-21)15-4-3-5-16(24)12-15)23-29-28-20(32(23)2)14-6-8-17(9-7-14)34-22(25)26/h3-9,12,18,22H,10-11,13H2,1-2H3. The number of rotatable bonds is 6. The summed E-state index contributed by atoms with van der Waals surface area (Å²) in [7, 11) is 3.89. The van der Waals surface area contributed by atoms with Crippen LogP contribution in [0.3, 0.4) is 0 Å². The first-order chi connectivity index (χ1) is 16.9. The maximum Gasteiger partial charge on any atom is 0.387 e. The van der Waals surface area contributed by atoms with E-state index < -0.39 is 6.61 Å². The predicted molar refractivity (Wildman–Crippen MR) is 125 cm³/mol. The minimum absolute atomic E-state index is 0.0807. The van der Waals surface area contributed by atoms with Gasteiger partial charge in [0.15, 0.2) is 5.82 Å². The Morgan fingerprint density at radius 3 is 2.60 bits per heavy atom. The Morgan fingerprint density at radius 2 is 1.86 bits per heavy atom.